The van der Waals surface area contributed by atoms with Crippen LogP contribution in [0.25, 0.3) is 0 Å². The Morgan fingerprint density at radius 1 is 1.69 bits per heavy atom. The van der Waals surface area contributed by atoms with E-state index in [0.29, 0.717) is 11.0 Å². The Morgan fingerprint density at radius 2 is 2.38 bits per heavy atom. The average molecular weight is 201 g/mol. The van der Waals surface area contributed by atoms with Crippen LogP contribution in [-0.4, -0.2) is 54.6 Å². The molecule has 2 N–H and O–H groups in total. The van der Waals surface area contributed by atoms with Crippen LogP contribution in [0.4, 0.5) is 0 Å². The molecule has 0 aromatic rings. The van der Waals surface area contributed by atoms with Crippen molar-refractivity contribution in [3.8, 4) is 0 Å². The topological polar surface area (TPSA) is 32.5 Å². The van der Waals surface area contributed by atoms with E-state index in [1.165, 1.54) is 19.4 Å². The van der Waals surface area contributed by atoms with Crippen LogP contribution in [-0.2, 0) is 0 Å². The third-order valence-corrected chi connectivity index (χ3v) is 2.76. The van der Waals surface area contributed by atoms with Crippen molar-refractivity contribution >= 4 is 17.2 Å². The molecule has 0 saturated carbocycles. The maximum Gasteiger partial charge on any atom is 0.0870 e. The molecule has 1 atom stereocenters. The Morgan fingerprint density at radius 3 is 2.92 bits per heavy atom. The Bertz CT molecular complexity index is 184. The fraction of sp³-hybridized carbons (Fsp3) is 0.889. The SMILES string of the molecule is CN1CCCC(N(C)CC(N)=S)C1. The number of rotatable bonds is 3. The van der Waals surface area contributed by atoms with Crippen molar-refractivity contribution < 1.29 is 0 Å². The van der Waals surface area contributed by atoms with Gasteiger partial charge in [0.05, 0.1) is 4.99 Å². The van der Waals surface area contributed by atoms with Crippen molar-refractivity contribution in [2.24, 2.45) is 5.73 Å². The monoisotopic (exact) mass is 201 g/mol. The molecule has 0 amide bonds. The predicted molar refractivity (Wildman–Crippen MR) is 59.9 cm³/mol. The molecule has 1 saturated heterocycles. The van der Waals surface area contributed by atoms with Gasteiger partial charge in [0.15, 0.2) is 0 Å². The van der Waals surface area contributed by atoms with Gasteiger partial charge >= 0.3 is 0 Å². The summed E-state index contributed by atoms with van der Waals surface area (Å²) in [6, 6.07) is 0.625. The van der Waals surface area contributed by atoms with Crippen LogP contribution >= 0.6 is 12.2 Å². The molecule has 4 heteroatoms. The number of likely N-dealkylation sites (tertiary alicyclic amines) is 1. The first-order valence-corrected chi connectivity index (χ1v) is 5.17. The molecule has 1 unspecified atom stereocenters. The number of nitrogens with two attached hydrogens (primary N) is 1. The van der Waals surface area contributed by atoms with E-state index in [1.54, 1.807) is 0 Å². The van der Waals surface area contributed by atoms with Crippen molar-refractivity contribution in [3.05, 3.63) is 0 Å². The summed E-state index contributed by atoms with van der Waals surface area (Å²) in [5.41, 5.74) is 5.51. The van der Waals surface area contributed by atoms with Crippen molar-refractivity contribution in [1.82, 2.24) is 9.80 Å². The first-order chi connectivity index (χ1) is 6.09. The lowest BCUT2D eigenvalue weighted by Crippen LogP contribution is -2.47. The summed E-state index contributed by atoms with van der Waals surface area (Å²) in [4.78, 5) is 5.22. The van der Waals surface area contributed by atoms with Crippen molar-refractivity contribution in [3.63, 3.8) is 0 Å². The molecule has 0 spiro atoms. The van der Waals surface area contributed by atoms with E-state index in [-0.39, 0.29) is 0 Å². The van der Waals surface area contributed by atoms with Crippen LogP contribution < -0.4 is 5.73 Å². The highest BCUT2D eigenvalue weighted by Gasteiger charge is 2.20. The smallest absolute Gasteiger partial charge is 0.0870 e. The highest BCUT2D eigenvalue weighted by molar-refractivity contribution is 7.80. The average Bonchev–Trinajstić information content (AvgIpc) is 2.03. The van der Waals surface area contributed by atoms with E-state index in [1.807, 2.05) is 0 Å². The Balaban J connectivity index is 2.36. The van der Waals surface area contributed by atoms with E-state index in [2.05, 4.69) is 23.9 Å². The Hall–Kier alpha value is -0.190. The van der Waals surface area contributed by atoms with E-state index in [0.717, 1.165) is 13.1 Å². The standard InChI is InChI=1S/C9H19N3S/c1-11-5-3-4-8(6-11)12(2)7-9(10)13/h8H,3-7H2,1-2H3,(H2,10,13). The summed E-state index contributed by atoms with van der Waals surface area (Å²) in [5.74, 6) is 0. The van der Waals surface area contributed by atoms with E-state index >= 15 is 0 Å². The first kappa shape index (κ1) is 10.9. The van der Waals surface area contributed by atoms with Crippen LogP contribution in [0, 0.1) is 0 Å². The molecule has 0 aliphatic carbocycles. The zero-order valence-corrected chi connectivity index (χ0v) is 9.31. The second-order valence-corrected chi connectivity index (χ2v) is 4.46. The Kier molecular flexibility index (Phi) is 4.09. The van der Waals surface area contributed by atoms with E-state index < -0.39 is 0 Å². The van der Waals surface area contributed by atoms with Gasteiger partial charge in [-0.2, -0.15) is 0 Å². The lowest BCUT2D eigenvalue weighted by Gasteiger charge is -2.35. The summed E-state index contributed by atoms with van der Waals surface area (Å²) >= 11 is 4.89. The van der Waals surface area contributed by atoms with Gasteiger partial charge in [-0.3, -0.25) is 4.90 Å². The second-order valence-electron chi connectivity index (χ2n) is 3.94. The lowest BCUT2D eigenvalue weighted by molar-refractivity contribution is 0.147. The fourth-order valence-corrected chi connectivity index (χ4v) is 2.08. The summed E-state index contributed by atoms with van der Waals surface area (Å²) in [5, 5.41) is 0. The molecule has 13 heavy (non-hydrogen) atoms. The third kappa shape index (κ3) is 3.58. The minimum Gasteiger partial charge on any atom is -0.392 e. The maximum atomic E-state index is 5.51. The number of thiocarbonyl (C=S) groups is 1. The molecule has 0 bridgehead atoms. The minimum absolute atomic E-state index is 0.593. The number of hydrogen-bond acceptors (Lipinski definition) is 3. The maximum absolute atomic E-state index is 5.51. The van der Waals surface area contributed by atoms with Gasteiger partial charge in [0.1, 0.15) is 0 Å². The molecular formula is C9H19N3S. The summed E-state index contributed by atoms with van der Waals surface area (Å²) in [7, 11) is 4.27. The number of piperidine rings is 1. The van der Waals surface area contributed by atoms with Gasteiger partial charge in [-0.05, 0) is 33.5 Å². The van der Waals surface area contributed by atoms with Gasteiger partial charge < -0.3 is 10.6 Å². The van der Waals surface area contributed by atoms with Crippen molar-refractivity contribution in [2.45, 2.75) is 18.9 Å². The van der Waals surface area contributed by atoms with Crippen LogP contribution in [0.5, 0.6) is 0 Å². The molecule has 1 fully saturated rings. The van der Waals surface area contributed by atoms with E-state index in [9.17, 15) is 0 Å². The number of nitrogens with zero attached hydrogens (tertiary/aromatic N) is 2. The molecule has 76 valence electrons. The van der Waals surface area contributed by atoms with Crippen LogP contribution in [0.3, 0.4) is 0 Å². The van der Waals surface area contributed by atoms with Gasteiger partial charge in [-0.25, -0.2) is 0 Å². The molecule has 0 radical (unpaired) electrons. The third-order valence-electron chi connectivity index (χ3n) is 2.63. The summed E-state index contributed by atoms with van der Waals surface area (Å²) < 4.78 is 0. The molecule has 0 aromatic carbocycles. The zero-order valence-electron chi connectivity index (χ0n) is 8.49. The van der Waals surface area contributed by atoms with Crippen LogP contribution in [0.2, 0.25) is 0 Å². The predicted octanol–water partition coefficient (Wildman–Crippen LogP) is 0.298. The van der Waals surface area contributed by atoms with Crippen molar-refractivity contribution in [2.75, 3.05) is 33.7 Å². The summed E-state index contributed by atoms with van der Waals surface area (Å²) in [6.45, 7) is 3.10. The lowest BCUT2D eigenvalue weighted by atomic mass is 10.1. The quantitative estimate of drug-likeness (QED) is 0.666. The number of hydrogen-bond donors (Lipinski definition) is 1. The molecule has 1 aliphatic heterocycles. The normalized spacial score (nSPS) is 25.0. The first-order valence-electron chi connectivity index (χ1n) is 4.76. The van der Waals surface area contributed by atoms with Crippen molar-refractivity contribution in [1.29, 1.82) is 0 Å². The van der Waals surface area contributed by atoms with Gasteiger partial charge in [-0.15, -0.1) is 0 Å². The van der Waals surface area contributed by atoms with Gasteiger partial charge in [0.25, 0.3) is 0 Å². The number of likely N-dealkylation sites (N-methyl/N-ethyl adjacent to an activating group) is 2. The fourth-order valence-electron chi connectivity index (χ4n) is 1.87. The highest BCUT2D eigenvalue weighted by atomic mass is 32.1. The molecule has 0 aromatic heterocycles. The molecule has 1 rings (SSSR count). The molecule has 1 aliphatic rings. The largest absolute Gasteiger partial charge is 0.392 e. The molecular weight excluding hydrogens is 182 g/mol. The molecule has 1 heterocycles. The summed E-state index contributed by atoms with van der Waals surface area (Å²) in [6.07, 6.45) is 2.55. The van der Waals surface area contributed by atoms with Crippen LogP contribution in [0.1, 0.15) is 12.8 Å². The van der Waals surface area contributed by atoms with E-state index in [4.69, 9.17) is 18.0 Å². The van der Waals surface area contributed by atoms with Gasteiger partial charge in [0.2, 0.25) is 0 Å². The highest BCUT2D eigenvalue weighted by Crippen LogP contribution is 2.12. The minimum atomic E-state index is 0.593. The van der Waals surface area contributed by atoms with Crippen LogP contribution in [0.15, 0.2) is 0 Å². The zero-order chi connectivity index (χ0) is 9.84. The Labute approximate surface area is 85.9 Å². The second kappa shape index (κ2) is 4.88. The van der Waals surface area contributed by atoms with Gasteiger partial charge in [-0.1, -0.05) is 12.2 Å². The van der Waals surface area contributed by atoms with Gasteiger partial charge in [0, 0.05) is 19.1 Å². The molecule has 3 nitrogen and oxygen atoms in total.